The standard InChI is InChI=1S/C45H49N3O7S/c49-26-34(24-31-14-4-1-5-15-31)46-42(50)25-33-18-8-3-9-23-41(44(52)54-27-35(47-43(33)51)30-56-29-32-16-6-2-7-17-32)48-45(53)55-28-40-38-21-12-10-19-36(38)37-20-11-13-22-39(37)40/h1-8,10-17,19-22,33-35,40-41,49H,9,18,23-30H2,(H,46,50)(H,47,51)(H,48,53). The molecule has 2 aliphatic rings. The number of amides is 3. The predicted octanol–water partition coefficient (Wildman–Crippen LogP) is 6.32. The number of rotatable bonds is 13. The lowest BCUT2D eigenvalue weighted by Crippen LogP contribution is -2.47. The summed E-state index contributed by atoms with van der Waals surface area (Å²) in [6, 6.07) is 33.6. The fraction of sp³-hybridized carbons (Fsp3) is 0.333. The number of esters is 1. The molecule has 3 amide bonds. The van der Waals surface area contributed by atoms with Crippen LogP contribution in [0.4, 0.5) is 4.79 Å². The Morgan fingerprint density at radius 1 is 0.857 bits per heavy atom. The molecule has 0 saturated heterocycles. The molecule has 4 unspecified atom stereocenters. The SMILES string of the molecule is O=C(CC1CC=CCCC(NC(=O)OCC2c3ccccc3-c3ccccc32)C(=O)OCC(CSCc2ccccc2)NC1=O)NC(CO)Cc1ccccc1. The first-order valence-electron chi connectivity index (χ1n) is 19.2. The third-order valence-corrected chi connectivity index (χ3v) is 11.2. The number of aliphatic hydroxyl groups is 1. The lowest BCUT2D eigenvalue weighted by atomic mass is 9.98. The Morgan fingerprint density at radius 3 is 2.18 bits per heavy atom. The molecule has 4 aromatic carbocycles. The zero-order valence-electron chi connectivity index (χ0n) is 31.3. The lowest BCUT2D eigenvalue weighted by Gasteiger charge is -2.24. The summed E-state index contributed by atoms with van der Waals surface area (Å²) in [5.41, 5.74) is 6.50. The number of benzene rings is 4. The number of carbonyl (C=O) groups excluding carboxylic acids is 4. The van der Waals surface area contributed by atoms with E-state index in [2.05, 4.69) is 28.1 Å². The van der Waals surface area contributed by atoms with Crippen LogP contribution in [0.15, 0.2) is 121 Å². The molecule has 292 valence electrons. The molecule has 0 bridgehead atoms. The van der Waals surface area contributed by atoms with Crippen LogP contribution in [-0.2, 0) is 36.0 Å². The maximum absolute atomic E-state index is 13.8. The number of alkyl carbamates (subject to hydrolysis) is 1. The van der Waals surface area contributed by atoms with Crippen molar-refractivity contribution in [1.29, 1.82) is 0 Å². The van der Waals surface area contributed by atoms with Gasteiger partial charge in [-0.05, 0) is 59.1 Å². The summed E-state index contributed by atoms with van der Waals surface area (Å²) >= 11 is 1.59. The lowest BCUT2D eigenvalue weighted by molar-refractivity contribution is -0.147. The number of hydrogen-bond donors (Lipinski definition) is 4. The quantitative estimate of drug-likeness (QED) is 0.0914. The van der Waals surface area contributed by atoms with Gasteiger partial charge in [0.15, 0.2) is 0 Å². The minimum Gasteiger partial charge on any atom is -0.462 e. The number of nitrogens with one attached hydrogen (secondary N) is 3. The van der Waals surface area contributed by atoms with Gasteiger partial charge in [-0.3, -0.25) is 9.59 Å². The first-order chi connectivity index (χ1) is 27.4. The van der Waals surface area contributed by atoms with Gasteiger partial charge in [0.05, 0.1) is 24.6 Å². The third kappa shape index (κ3) is 11.3. The summed E-state index contributed by atoms with van der Waals surface area (Å²) in [5.74, 6) is -0.996. The zero-order valence-corrected chi connectivity index (χ0v) is 32.1. The minimum atomic E-state index is -0.981. The van der Waals surface area contributed by atoms with Crippen LogP contribution < -0.4 is 16.0 Å². The number of aliphatic hydroxyl groups excluding tert-OH is 1. The van der Waals surface area contributed by atoms with Crippen LogP contribution in [0.5, 0.6) is 0 Å². The number of allylic oxidation sites excluding steroid dienone is 2. The Kier molecular flexibility index (Phi) is 14.7. The number of thioether (sulfide) groups is 1. The van der Waals surface area contributed by atoms with E-state index in [1.807, 2.05) is 109 Å². The van der Waals surface area contributed by atoms with E-state index in [1.54, 1.807) is 11.8 Å². The van der Waals surface area contributed by atoms with Gasteiger partial charge in [0.25, 0.3) is 0 Å². The van der Waals surface area contributed by atoms with E-state index in [9.17, 15) is 24.3 Å². The summed E-state index contributed by atoms with van der Waals surface area (Å²) in [5, 5.41) is 18.7. The second-order valence-corrected chi connectivity index (χ2v) is 15.2. The van der Waals surface area contributed by atoms with E-state index in [-0.39, 0.29) is 56.8 Å². The molecule has 56 heavy (non-hydrogen) atoms. The molecule has 1 aliphatic carbocycles. The van der Waals surface area contributed by atoms with Crippen molar-refractivity contribution < 1.29 is 33.8 Å². The van der Waals surface area contributed by atoms with Crippen molar-refractivity contribution in [1.82, 2.24) is 16.0 Å². The van der Waals surface area contributed by atoms with E-state index >= 15 is 0 Å². The number of hydrogen-bond acceptors (Lipinski definition) is 8. The highest BCUT2D eigenvalue weighted by Gasteiger charge is 2.31. The van der Waals surface area contributed by atoms with Crippen molar-refractivity contribution in [3.63, 3.8) is 0 Å². The van der Waals surface area contributed by atoms with Crippen molar-refractivity contribution in [3.05, 3.63) is 144 Å². The van der Waals surface area contributed by atoms with Crippen LogP contribution in [0.3, 0.4) is 0 Å². The monoisotopic (exact) mass is 775 g/mol. The molecule has 11 heteroatoms. The average molecular weight is 776 g/mol. The Morgan fingerprint density at radius 2 is 1.50 bits per heavy atom. The largest absolute Gasteiger partial charge is 0.462 e. The van der Waals surface area contributed by atoms with Gasteiger partial charge < -0.3 is 30.5 Å². The maximum Gasteiger partial charge on any atom is 0.407 e. The molecule has 0 aromatic heterocycles. The maximum atomic E-state index is 13.8. The van der Waals surface area contributed by atoms with Gasteiger partial charge in [-0.1, -0.05) is 121 Å². The summed E-state index contributed by atoms with van der Waals surface area (Å²) in [6.07, 6.45) is 4.26. The van der Waals surface area contributed by atoms with Gasteiger partial charge in [-0.25, -0.2) is 9.59 Å². The predicted molar refractivity (Wildman–Crippen MR) is 218 cm³/mol. The normalized spacial score (nSPS) is 19.1. The molecule has 0 radical (unpaired) electrons. The van der Waals surface area contributed by atoms with E-state index in [1.165, 1.54) is 0 Å². The molecule has 6 rings (SSSR count). The molecule has 4 N–H and O–H groups in total. The number of cyclic esters (lactones) is 1. The van der Waals surface area contributed by atoms with Crippen LogP contribution in [0.2, 0.25) is 0 Å². The fourth-order valence-corrected chi connectivity index (χ4v) is 8.16. The van der Waals surface area contributed by atoms with Gasteiger partial charge in [0.2, 0.25) is 11.8 Å². The Bertz CT molecular complexity index is 1910. The van der Waals surface area contributed by atoms with Crippen LogP contribution in [0.25, 0.3) is 11.1 Å². The second kappa shape index (κ2) is 20.5. The van der Waals surface area contributed by atoms with Crippen molar-refractivity contribution in [3.8, 4) is 11.1 Å². The van der Waals surface area contributed by atoms with Gasteiger partial charge in [0, 0.05) is 23.8 Å². The zero-order chi connectivity index (χ0) is 39.1. The molecule has 4 aromatic rings. The summed E-state index contributed by atoms with van der Waals surface area (Å²) in [7, 11) is 0. The summed E-state index contributed by atoms with van der Waals surface area (Å²) in [6.45, 7) is -0.255. The van der Waals surface area contributed by atoms with Crippen molar-refractivity contribution >= 4 is 35.6 Å². The Hall–Kier alpha value is -5.39. The number of ether oxygens (including phenoxy) is 2. The topological polar surface area (TPSA) is 143 Å². The fourth-order valence-electron chi connectivity index (χ4n) is 7.15. The van der Waals surface area contributed by atoms with E-state index in [0.717, 1.165) is 33.4 Å². The minimum absolute atomic E-state index is 0.0862. The van der Waals surface area contributed by atoms with E-state index in [0.29, 0.717) is 24.3 Å². The second-order valence-electron chi connectivity index (χ2n) is 14.2. The highest BCUT2D eigenvalue weighted by molar-refractivity contribution is 7.98. The highest BCUT2D eigenvalue weighted by Crippen LogP contribution is 2.44. The molecule has 0 saturated carbocycles. The summed E-state index contributed by atoms with van der Waals surface area (Å²) in [4.78, 5) is 53.8. The molecule has 1 aliphatic heterocycles. The molecular weight excluding hydrogens is 727 g/mol. The average Bonchev–Trinajstić information content (AvgIpc) is 3.54. The Balaban J connectivity index is 1.10. The van der Waals surface area contributed by atoms with E-state index in [4.69, 9.17) is 9.47 Å². The molecule has 10 nitrogen and oxygen atoms in total. The highest BCUT2D eigenvalue weighted by atomic mass is 32.2. The molecular formula is C45H49N3O7S. The van der Waals surface area contributed by atoms with Crippen molar-refractivity contribution in [2.24, 2.45) is 5.92 Å². The van der Waals surface area contributed by atoms with Crippen LogP contribution in [-0.4, -0.2) is 72.7 Å². The summed E-state index contributed by atoms with van der Waals surface area (Å²) < 4.78 is 11.5. The molecule has 0 spiro atoms. The molecule has 4 atom stereocenters. The first-order valence-corrected chi connectivity index (χ1v) is 20.3. The van der Waals surface area contributed by atoms with Crippen LogP contribution in [0, 0.1) is 5.92 Å². The van der Waals surface area contributed by atoms with Crippen LogP contribution >= 0.6 is 11.8 Å². The molecule has 0 fully saturated rings. The number of fused-ring (bicyclic) bond motifs is 3. The smallest absolute Gasteiger partial charge is 0.407 e. The van der Waals surface area contributed by atoms with Crippen molar-refractivity contribution in [2.75, 3.05) is 25.6 Å². The van der Waals surface area contributed by atoms with Crippen LogP contribution in [0.1, 0.15) is 53.9 Å². The first kappa shape index (κ1) is 40.3. The van der Waals surface area contributed by atoms with Gasteiger partial charge in [-0.2, -0.15) is 11.8 Å². The third-order valence-electron chi connectivity index (χ3n) is 10.0. The van der Waals surface area contributed by atoms with Crippen molar-refractivity contribution in [2.45, 2.75) is 61.9 Å². The van der Waals surface area contributed by atoms with E-state index < -0.39 is 36.1 Å². The van der Waals surface area contributed by atoms with Gasteiger partial charge >= 0.3 is 12.1 Å². The van der Waals surface area contributed by atoms with Gasteiger partial charge in [0.1, 0.15) is 19.3 Å². The Labute approximate surface area is 332 Å². The number of carbonyl (C=O) groups is 4. The van der Waals surface area contributed by atoms with Gasteiger partial charge in [-0.15, -0.1) is 0 Å². The molecule has 1 heterocycles.